The molecule has 24 heavy (non-hydrogen) atoms. The number of carbonyl (C=O) groups excluding carboxylic acids is 1. The number of nitrogens with zero attached hydrogens (tertiary/aromatic N) is 3. The molecule has 2 aromatic rings. The van der Waals surface area contributed by atoms with Crippen LogP contribution in [0.3, 0.4) is 0 Å². The first kappa shape index (κ1) is 18.5. The van der Waals surface area contributed by atoms with E-state index in [1.807, 2.05) is 6.92 Å². The van der Waals surface area contributed by atoms with Crippen LogP contribution in [0.4, 0.5) is 0 Å². The minimum atomic E-state index is -3.46. The van der Waals surface area contributed by atoms with Crippen molar-refractivity contribution in [2.24, 2.45) is 0 Å². The SMILES string of the molecule is CCn1cc(Cl)c(CN(C)C(=O)CCS(=O)(=O)c2ccccc2)n1. The van der Waals surface area contributed by atoms with Gasteiger partial charge in [0, 0.05) is 26.2 Å². The highest BCUT2D eigenvalue weighted by Crippen LogP contribution is 2.16. The summed E-state index contributed by atoms with van der Waals surface area (Å²) in [6.45, 7) is 2.87. The van der Waals surface area contributed by atoms with Crippen molar-refractivity contribution in [3.05, 3.63) is 47.2 Å². The van der Waals surface area contributed by atoms with Crippen LogP contribution in [0, 0.1) is 0 Å². The standard InChI is InChI=1S/C16H20ClN3O3S/c1-3-20-11-14(17)15(18-20)12-19(2)16(21)9-10-24(22,23)13-7-5-4-6-8-13/h4-8,11H,3,9-10,12H2,1-2H3. The molecule has 0 radical (unpaired) electrons. The zero-order valence-corrected chi connectivity index (χ0v) is 15.2. The zero-order valence-electron chi connectivity index (χ0n) is 13.6. The number of hydrogen-bond acceptors (Lipinski definition) is 4. The molecule has 1 amide bonds. The van der Waals surface area contributed by atoms with E-state index in [1.165, 1.54) is 17.0 Å². The van der Waals surface area contributed by atoms with Gasteiger partial charge < -0.3 is 4.90 Å². The lowest BCUT2D eigenvalue weighted by molar-refractivity contribution is -0.130. The molecule has 0 unspecified atom stereocenters. The lowest BCUT2D eigenvalue weighted by Crippen LogP contribution is -2.28. The van der Waals surface area contributed by atoms with Gasteiger partial charge in [0.25, 0.3) is 0 Å². The van der Waals surface area contributed by atoms with E-state index in [9.17, 15) is 13.2 Å². The van der Waals surface area contributed by atoms with Gasteiger partial charge in [0.15, 0.2) is 9.84 Å². The highest BCUT2D eigenvalue weighted by Gasteiger charge is 2.19. The van der Waals surface area contributed by atoms with Crippen LogP contribution in [-0.4, -0.2) is 41.8 Å². The number of carbonyl (C=O) groups is 1. The number of amides is 1. The molecule has 0 fully saturated rings. The summed E-state index contributed by atoms with van der Waals surface area (Å²) in [5, 5.41) is 4.77. The van der Waals surface area contributed by atoms with Crippen LogP contribution in [0.5, 0.6) is 0 Å². The van der Waals surface area contributed by atoms with Crippen LogP contribution < -0.4 is 0 Å². The molecule has 0 aliphatic heterocycles. The molecule has 6 nitrogen and oxygen atoms in total. The fraction of sp³-hybridized carbons (Fsp3) is 0.375. The molecular weight excluding hydrogens is 350 g/mol. The van der Waals surface area contributed by atoms with Crippen molar-refractivity contribution >= 4 is 27.3 Å². The summed E-state index contributed by atoms with van der Waals surface area (Å²) in [7, 11) is -1.85. The van der Waals surface area contributed by atoms with Gasteiger partial charge in [-0.2, -0.15) is 5.10 Å². The largest absolute Gasteiger partial charge is 0.340 e. The predicted molar refractivity (Wildman–Crippen MR) is 92.5 cm³/mol. The average molecular weight is 370 g/mol. The van der Waals surface area contributed by atoms with Crippen molar-refractivity contribution in [2.75, 3.05) is 12.8 Å². The number of aromatic nitrogens is 2. The lowest BCUT2D eigenvalue weighted by Gasteiger charge is -2.16. The van der Waals surface area contributed by atoms with E-state index in [0.29, 0.717) is 17.3 Å². The molecule has 2 rings (SSSR count). The number of aryl methyl sites for hydroxylation is 1. The van der Waals surface area contributed by atoms with Gasteiger partial charge in [-0.3, -0.25) is 9.48 Å². The number of benzene rings is 1. The molecule has 130 valence electrons. The van der Waals surface area contributed by atoms with Crippen molar-refractivity contribution in [3.8, 4) is 0 Å². The van der Waals surface area contributed by atoms with Crippen molar-refractivity contribution in [3.63, 3.8) is 0 Å². The Morgan fingerprint density at radius 3 is 2.54 bits per heavy atom. The molecule has 0 aliphatic rings. The van der Waals surface area contributed by atoms with Gasteiger partial charge in [-0.25, -0.2) is 8.42 Å². The molecule has 1 aromatic carbocycles. The van der Waals surface area contributed by atoms with Gasteiger partial charge in [0.2, 0.25) is 5.91 Å². The van der Waals surface area contributed by atoms with Crippen LogP contribution in [0.25, 0.3) is 0 Å². The predicted octanol–water partition coefficient (Wildman–Crippen LogP) is 2.38. The van der Waals surface area contributed by atoms with E-state index in [1.54, 1.807) is 36.1 Å². The van der Waals surface area contributed by atoms with Gasteiger partial charge >= 0.3 is 0 Å². The van der Waals surface area contributed by atoms with Gasteiger partial charge in [-0.1, -0.05) is 29.8 Å². The maximum atomic E-state index is 12.2. The molecule has 0 atom stereocenters. The third kappa shape index (κ3) is 4.58. The summed E-state index contributed by atoms with van der Waals surface area (Å²) in [5.74, 6) is -0.492. The van der Waals surface area contributed by atoms with Crippen LogP contribution in [-0.2, 0) is 27.7 Å². The highest BCUT2D eigenvalue weighted by atomic mass is 35.5. The Labute approximate surface area is 147 Å². The van der Waals surface area contributed by atoms with Crippen LogP contribution in [0.15, 0.2) is 41.4 Å². The maximum absolute atomic E-state index is 12.2. The van der Waals surface area contributed by atoms with Gasteiger partial charge in [0.1, 0.15) is 5.69 Å². The Morgan fingerprint density at radius 1 is 1.29 bits per heavy atom. The van der Waals surface area contributed by atoms with E-state index in [2.05, 4.69) is 5.10 Å². The summed E-state index contributed by atoms with van der Waals surface area (Å²) in [6.07, 6.45) is 1.62. The number of sulfone groups is 1. The number of halogens is 1. The van der Waals surface area contributed by atoms with E-state index in [0.717, 1.165) is 0 Å². The average Bonchev–Trinajstić information content (AvgIpc) is 2.93. The Hall–Kier alpha value is -1.86. The summed E-state index contributed by atoms with van der Waals surface area (Å²) in [4.78, 5) is 13.9. The molecular formula is C16H20ClN3O3S. The fourth-order valence-corrected chi connectivity index (χ4v) is 3.64. The molecule has 8 heteroatoms. The first-order chi connectivity index (χ1) is 11.3. The van der Waals surface area contributed by atoms with Crippen molar-refractivity contribution in [1.82, 2.24) is 14.7 Å². The lowest BCUT2D eigenvalue weighted by atomic mass is 10.3. The summed E-state index contributed by atoms with van der Waals surface area (Å²) < 4.78 is 26.1. The first-order valence-electron chi connectivity index (χ1n) is 7.57. The topological polar surface area (TPSA) is 72.3 Å². The fourth-order valence-electron chi connectivity index (χ4n) is 2.18. The van der Waals surface area contributed by atoms with E-state index < -0.39 is 9.84 Å². The van der Waals surface area contributed by atoms with E-state index in [4.69, 9.17) is 11.6 Å². The molecule has 0 saturated carbocycles. The monoisotopic (exact) mass is 369 g/mol. The van der Waals surface area contributed by atoms with Gasteiger partial charge in [0.05, 0.1) is 22.2 Å². The second kappa shape index (κ2) is 7.81. The summed E-state index contributed by atoms with van der Waals surface area (Å²) in [6, 6.07) is 8.12. The smallest absolute Gasteiger partial charge is 0.223 e. The van der Waals surface area contributed by atoms with Crippen molar-refractivity contribution in [2.45, 2.75) is 31.3 Å². The summed E-state index contributed by atoms with van der Waals surface area (Å²) in [5.41, 5.74) is 0.597. The second-order valence-corrected chi connectivity index (χ2v) is 7.93. The van der Waals surface area contributed by atoms with Gasteiger partial charge in [-0.05, 0) is 19.1 Å². The Balaban J connectivity index is 1.95. The molecule has 0 N–H and O–H groups in total. The Morgan fingerprint density at radius 2 is 1.96 bits per heavy atom. The minimum absolute atomic E-state index is 0.0835. The van der Waals surface area contributed by atoms with Crippen molar-refractivity contribution < 1.29 is 13.2 Å². The molecule has 1 heterocycles. The Bertz CT molecular complexity index is 803. The zero-order chi connectivity index (χ0) is 17.7. The molecule has 0 spiro atoms. The third-order valence-corrected chi connectivity index (χ3v) is 5.66. The molecule has 1 aromatic heterocycles. The van der Waals surface area contributed by atoms with Crippen LogP contribution in [0.1, 0.15) is 19.0 Å². The van der Waals surface area contributed by atoms with E-state index in [-0.39, 0.29) is 29.5 Å². The normalized spacial score (nSPS) is 11.5. The number of rotatable bonds is 7. The maximum Gasteiger partial charge on any atom is 0.223 e. The van der Waals surface area contributed by atoms with Crippen LogP contribution in [0.2, 0.25) is 5.02 Å². The molecule has 0 bridgehead atoms. The first-order valence-corrected chi connectivity index (χ1v) is 9.60. The third-order valence-electron chi connectivity index (χ3n) is 3.61. The molecule has 0 aliphatic carbocycles. The number of hydrogen-bond donors (Lipinski definition) is 0. The van der Waals surface area contributed by atoms with E-state index >= 15 is 0 Å². The van der Waals surface area contributed by atoms with Crippen molar-refractivity contribution in [1.29, 1.82) is 0 Å². The Kier molecular flexibility index (Phi) is 6.01. The quantitative estimate of drug-likeness (QED) is 0.751. The highest BCUT2D eigenvalue weighted by molar-refractivity contribution is 7.91. The van der Waals surface area contributed by atoms with Gasteiger partial charge in [-0.15, -0.1) is 0 Å². The minimum Gasteiger partial charge on any atom is -0.340 e. The molecule has 0 saturated heterocycles. The second-order valence-electron chi connectivity index (χ2n) is 5.41. The van der Waals surface area contributed by atoms with Crippen LogP contribution >= 0.6 is 11.6 Å². The summed E-state index contributed by atoms with van der Waals surface area (Å²) >= 11 is 6.08.